The van der Waals surface area contributed by atoms with Gasteiger partial charge in [-0.05, 0) is 24.1 Å². The molecule has 0 aromatic heterocycles. The molecule has 2 rings (SSSR count). The summed E-state index contributed by atoms with van der Waals surface area (Å²) in [5.74, 6) is 0.305. The topological polar surface area (TPSA) is 23.8 Å². The van der Waals surface area contributed by atoms with Crippen LogP contribution in [0.1, 0.15) is 17.9 Å². The summed E-state index contributed by atoms with van der Waals surface area (Å²) < 4.78 is 12.5. The molecule has 0 unspecified atom stereocenters. The highest BCUT2D eigenvalue weighted by molar-refractivity contribution is 5.29. The highest BCUT2D eigenvalue weighted by atomic mass is 19.1. The number of nitriles is 1. The van der Waals surface area contributed by atoms with Gasteiger partial charge in [-0.1, -0.05) is 12.1 Å². The zero-order valence-corrected chi connectivity index (χ0v) is 6.50. The first kappa shape index (κ1) is 7.30. The molecule has 0 spiro atoms. The third-order valence-electron chi connectivity index (χ3n) is 2.25. The third-order valence-corrected chi connectivity index (χ3v) is 2.25. The molecule has 60 valence electrons. The van der Waals surface area contributed by atoms with Crippen molar-refractivity contribution in [2.75, 3.05) is 0 Å². The minimum absolute atomic E-state index is 0.162. The molecule has 0 saturated heterocycles. The highest BCUT2D eigenvalue weighted by Crippen LogP contribution is 2.46. The summed E-state index contributed by atoms with van der Waals surface area (Å²) in [5.41, 5.74) is 1.09. The van der Waals surface area contributed by atoms with E-state index in [9.17, 15) is 4.39 Å². The number of rotatable bonds is 1. The van der Waals surface area contributed by atoms with Crippen LogP contribution in [0.15, 0.2) is 24.3 Å². The quantitative estimate of drug-likeness (QED) is 0.620. The van der Waals surface area contributed by atoms with Crippen LogP contribution in [0.4, 0.5) is 4.39 Å². The van der Waals surface area contributed by atoms with Crippen molar-refractivity contribution in [1.29, 1.82) is 5.26 Å². The summed E-state index contributed by atoms with van der Waals surface area (Å²) in [7, 11) is 0. The molecule has 1 aliphatic rings. The second-order valence-corrected chi connectivity index (χ2v) is 3.13. The van der Waals surface area contributed by atoms with E-state index in [1.807, 2.05) is 0 Å². The molecule has 1 aliphatic carbocycles. The van der Waals surface area contributed by atoms with Crippen molar-refractivity contribution in [2.45, 2.75) is 12.3 Å². The number of nitrogens with zero attached hydrogens (tertiary/aromatic N) is 1. The van der Waals surface area contributed by atoms with Crippen molar-refractivity contribution < 1.29 is 4.39 Å². The van der Waals surface area contributed by atoms with E-state index in [1.54, 1.807) is 12.1 Å². The molecule has 0 amide bonds. The predicted molar refractivity (Wildman–Crippen MR) is 42.9 cm³/mol. The maximum absolute atomic E-state index is 12.5. The van der Waals surface area contributed by atoms with E-state index in [-0.39, 0.29) is 11.7 Å². The van der Waals surface area contributed by atoms with Gasteiger partial charge in [0, 0.05) is 5.92 Å². The van der Waals surface area contributed by atoms with Gasteiger partial charge in [0.2, 0.25) is 0 Å². The average Bonchev–Trinajstić information content (AvgIpc) is 2.85. The van der Waals surface area contributed by atoms with Crippen molar-refractivity contribution in [1.82, 2.24) is 0 Å². The van der Waals surface area contributed by atoms with Gasteiger partial charge in [-0.2, -0.15) is 5.26 Å². The lowest BCUT2D eigenvalue weighted by molar-refractivity contribution is 0.627. The van der Waals surface area contributed by atoms with Gasteiger partial charge >= 0.3 is 0 Å². The highest BCUT2D eigenvalue weighted by Gasteiger charge is 2.38. The largest absolute Gasteiger partial charge is 0.207 e. The molecule has 1 nitrogen and oxygen atoms in total. The monoisotopic (exact) mass is 161 g/mol. The molecule has 1 aromatic rings. The van der Waals surface area contributed by atoms with Crippen LogP contribution >= 0.6 is 0 Å². The molecule has 1 saturated carbocycles. The predicted octanol–water partition coefficient (Wildman–Crippen LogP) is 2.45. The fraction of sp³-hybridized carbons (Fsp3) is 0.300. The molecule has 2 atom stereocenters. The zero-order chi connectivity index (χ0) is 8.55. The van der Waals surface area contributed by atoms with Gasteiger partial charge in [-0.3, -0.25) is 0 Å². The van der Waals surface area contributed by atoms with Crippen molar-refractivity contribution in [3.05, 3.63) is 35.6 Å². The third kappa shape index (κ3) is 1.18. The number of hydrogen-bond donors (Lipinski definition) is 0. The van der Waals surface area contributed by atoms with Crippen molar-refractivity contribution in [3.8, 4) is 6.07 Å². The van der Waals surface area contributed by atoms with Gasteiger partial charge in [0.05, 0.1) is 12.0 Å². The molecular formula is C10H8FN. The van der Waals surface area contributed by atoms with Gasteiger partial charge < -0.3 is 0 Å². The number of hydrogen-bond acceptors (Lipinski definition) is 1. The van der Waals surface area contributed by atoms with Gasteiger partial charge in [0.15, 0.2) is 0 Å². The summed E-state index contributed by atoms with van der Waals surface area (Å²) in [5, 5.41) is 8.57. The molecule has 0 aliphatic heterocycles. The molecule has 0 heterocycles. The van der Waals surface area contributed by atoms with E-state index in [0.717, 1.165) is 12.0 Å². The Hall–Kier alpha value is -1.36. The van der Waals surface area contributed by atoms with E-state index >= 15 is 0 Å². The molecule has 12 heavy (non-hydrogen) atoms. The Balaban J connectivity index is 2.17. The van der Waals surface area contributed by atoms with Gasteiger partial charge in [-0.15, -0.1) is 0 Å². The molecule has 0 N–H and O–H groups in total. The zero-order valence-electron chi connectivity index (χ0n) is 6.50. The van der Waals surface area contributed by atoms with E-state index in [0.29, 0.717) is 5.92 Å². The lowest BCUT2D eigenvalue weighted by Gasteiger charge is -1.95. The fourth-order valence-electron chi connectivity index (χ4n) is 1.42. The standard InChI is InChI=1S/C10H8FN/c11-9-3-1-7(2-4-9)10-5-8(10)6-12/h1-4,8,10H,5H2/t8-,10+/m1/s1. The maximum atomic E-state index is 12.5. The number of halogens is 1. The molecule has 2 heteroatoms. The first-order chi connectivity index (χ1) is 5.81. The summed E-state index contributed by atoms with van der Waals surface area (Å²) >= 11 is 0. The van der Waals surface area contributed by atoms with E-state index in [4.69, 9.17) is 5.26 Å². The summed E-state index contributed by atoms with van der Waals surface area (Å²) in [4.78, 5) is 0. The molecule has 0 radical (unpaired) electrons. The van der Waals surface area contributed by atoms with Crippen LogP contribution < -0.4 is 0 Å². The second kappa shape index (κ2) is 2.60. The maximum Gasteiger partial charge on any atom is 0.123 e. The Bertz CT molecular complexity index is 323. The fourth-order valence-corrected chi connectivity index (χ4v) is 1.42. The minimum Gasteiger partial charge on any atom is -0.207 e. The number of benzene rings is 1. The Labute approximate surface area is 70.4 Å². The summed E-state index contributed by atoms with van der Waals surface area (Å²) in [6.45, 7) is 0. The van der Waals surface area contributed by atoms with Crippen molar-refractivity contribution in [2.24, 2.45) is 5.92 Å². The van der Waals surface area contributed by atoms with Gasteiger partial charge in [0.25, 0.3) is 0 Å². The van der Waals surface area contributed by atoms with Crippen LogP contribution in [-0.2, 0) is 0 Å². The molecule has 0 bridgehead atoms. The van der Waals surface area contributed by atoms with Crippen LogP contribution in [0, 0.1) is 23.1 Å². The molecule has 1 fully saturated rings. The lowest BCUT2D eigenvalue weighted by Crippen LogP contribution is -1.81. The van der Waals surface area contributed by atoms with Crippen LogP contribution in [0.2, 0.25) is 0 Å². The van der Waals surface area contributed by atoms with E-state index < -0.39 is 0 Å². The van der Waals surface area contributed by atoms with Crippen molar-refractivity contribution >= 4 is 0 Å². The van der Waals surface area contributed by atoms with Gasteiger partial charge in [-0.25, -0.2) is 4.39 Å². The Morgan fingerprint density at radius 1 is 1.33 bits per heavy atom. The van der Waals surface area contributed by atoms with E-state index in [1.165, 1.54) is 12.1 Å². The normalized spacial score (nSPS) is 26.3. The Kier molecular flexibility index (Phi) is 1.58. The van der Waals surface area contributed by atoms with Crippen LogP contribution in [0.25, 0.3) is 0 Å². The Morgan fingerprint density at radius 2 is 2.00 bits per heavy atom. The van der Waals surface area contributed by atoms with Crippen LogP contribution in [0.5, 0.6) is 0 Å². The first-order valence-corrected chi connectivity index (χ1v) is 3.96. The average molecular weight is 161 g/mol. The summed E-state index contributed by atoms with van der Waals surface area (Å²) in [6, 6.07) is 8.62. The first-order valence-electron chi connectivity index (χ1n) is 3.96. The van der Waals surface area contributed by atoms with Crippen LogP contribution in [-0.4, -0.2) is 0 Å². The summed E-state index contributed by atoms with van der Waals surface area (Å²) in [6.07, 6.45) is 0.933. The van der Waals surface area contributed by atoms with E-state index in [2.05, 4.69) is 6.07 Å². The SMILES string of the molecule is N#C[C@H]1C[C@H]1c1ccc(F)cc1. The van der Waals surface area contributed by atoms with Gasteiger partial charge in [0.1, 0.15) is 5.82 Å². The Morgan fingerprint density at radius 3 is 2.50 bits per heavy atom. The molecule has 1 aromatic carbocycles. The molecular weight excluding hydrogens is 153 g/mol. The van der Waals surface area contributed by atoms with Crippen LogP contribution in [0.3, 0.4) is 0 Å². The smallest absolute Gasteiger partial charge is 0.123 e. The van der Waals surface area contributed by atoms with Crippen molar-refractivity contribution in [3.63, 3.8) is 0 Å². The lowest BCUT2D eigenvalue weighted by atomic mass is 10.1. The minimum atomic E-state index is -0.215. The second-order valence-electron chi connectivity index (χ2n) is 3.13.